The van der Waals surface area contributed by atoms with E-state index in [1.165, 1.54) is 5.56 Å². The zero-order valence-corrected chi connectivity index (χ0v) is 14.3. The van der Waals surface area contributed by atoms with Crippen LogP contribution < -0.4 is 5.49 Å². The van der Waals surface area contributed by atoms with Crippen LogP contribution in [0.2, 0.25) is 0 Å². The summed E-state index contributed by atoms with van der Waals surface area (Å²) in [6.07, 6.45) is 3.46. The first kappa shape index (κ1) is 16.0. The van der Waals surface area contributed by atoms with Crippen LogP contribution >= 0.6 is 0 Å². The largest absolute Gasteiger partial charge is 0.343 e. The first-order valence-corrected chi connectivity index (χ1v) is 8.29. The summed E-state index contributed by atoms with van der Waals surface area (Å²) in [5, 5.41) is 0. The van der Waals surface area contributed by atoms with Gasteiger partial charge in [0, 0.05) is 12.7 Å². The van der Waals surface area contributed by atoms with Gasteiger partial charge in [-0.2, -0.15) is 4.99 Å². The Bertz CT molecular complexity index is 1140. The van der Waals surface area contributed by atoms with Gasteiger partial charge in [-0.3, -0.25) is 4.79 Å². The molecule has 4 rings (SSSR count). The summed E-state index contributed by atoms with van der Waals surface area (Å²) in [5.41, 5.74) is 4.51. The van der Waals surface area contributed by atoms with E-state index < -0.39 is 5.91 Å². The number of rotatable bonds is 3. The van der Waals surface area contributed by atoms with Gasteiger partial charge in [-0.25, -0.2) is 9.97 Å². The predicted molar refractivity (Wildman–Crippen MR) is 98.5 cm³/mol. The SMILES string of the molecule is Cc1ccc(Cn2ccccc2=NC(=O)c2ccc3[nH]cnc3n2)cc1. The number of H-pyrrole nitrogens is 1. The van der Waals surface area contributed by atoms with Gasteiger partial charge in [0.15, 0.2) is 5.65 Å². The number of carbonyl (C=O) groups excluding carboxylic acids is 1. The lowest BCUT2D eigenvalue weighted by Crippen LogP contribution is -2.22. The summed E-state index contributed by atoms with van der Waals surface area (Å²) < 4.78 is 1.94. The van der Waals surface area contributed by atoms with Gasteiger partial charge in [-0.05, 0) is 36.8 Å². The maximum absolute atomic E-state index is 12.5. The Morgan fingerprint density at radius 3 is 2.81 bits per heavy atom. The molecule has 0 bridgehead atoms. The highest BCUT2D eigenvalue weighted by atomic mass is 16.1. The Morgan fingerprint density at radius 1 is 1.12 bits per heavy atom. The molecule has 0 aliphatic carbocycles. The highest BCUT2D eigenvalue weighted by Gasteiger charge is 2.08. The summed E-state index contributed by atoms with van der Waals surface area (Å²) >= 11 is 0. The number of amides is 1. The van der Waals surface area contributed by atoms with Crippen molar-refractivity contribution in [1.29, 1.82) is 0 Å². The number of hydrogen-bond donors (Lipinski definition) is 1. The van der Waals surface area contributed by atoms with Gasteiger partial charge in [-0.1, -0.05) is 35.9 Å². The Morgan fingerprint density at radius 2 is 1.96 bits per heavy atom. The normalized spacial score (nSPS) is 11.8. The molecule has 6 heteroatoms. The van der Waals surface area contributed by atoms with Crippen molar-refractivity contribution >= 4 is 17.1 Å². The monoisotopic (exact) mass is 343 g/mol. The Balaban J connectivity index is 1.68. The van der Waals surface area contributed by atoms with Gasteiger partial charge >= 0.3 is 0 Å². The number of nitrogens with zero attached hydrogens (tertiary/aromatic N) is 4. The van der Waals surface area contributed by atoms with Crippen LogP contribution in [0, 0.1) is 6.92 Å². The molecule has 0 unspecified atom stereocenters. The van der Waals surface area contributed by atoms with Gasteiger partial charge in [0.25, 0.3) is 5.91 Å². The number of imidazole rings is 1. The average Bonchev–Trinajstić information content (AvgIpc) is 3.13. The summed E-state index contributed by atoms with van der Waals surface area (Å²) in [7, 11) is 0. The number of pyridine rings is 2. The van der Waals surface area contributed by atoms with Crippen LogP contribution in [0.15, 0.2) is 72.1 Å². The molecular weight excluding hydrogens is 326 g/mol. The number of carbonyl (C=O) groups is 1. The van der Waals surface area contributed by atoms with Gasteiger partial charge in [0.1, 0.15) is 11.2 Å². The lowest BCUT2D eigenvalue weighted by molar-refractivity contribution is 0.0992. The first-order valence-electron chi connectivity index (χ1n) is 8.29. The number of aromatic amines is 1. The maximum Gasteiger partial charge on any atom is 0.297 e. The quantitative estimate of drug-likeness (QED) is 0.621. The molecule has 6 nitrogen and oxygen atoms in total. The highest BCUT2D eigenvalue weighted by molar-refractivity contribution is 5.94. The molecule has 0 aliphatic heterocycles. The smallest absolute Gasteiger partial charge is 0.297 e. The van der Waals surface area contributed by atoms with Gasteiger partial charge in [-0.15, -0.1) is 0 Å². The standard InChI is InChI=1S/C20H17N5O/c1-14-5-7-15(8-6-14)12-25-11-3-2-4-18(25)24-20(26)17-10-9-16-19(23-17)22-13-21-16/h2-11,13H,12H2,1H3,(H,21,22,23). The molecule has 0 atom stereocenters. The second kappa shape index (κ2) is 6.76. The van der Waals surface area contributed by atoms with Crippen molar-refractivity contribution in [2.24, 2.45) is 4.99 Å². The molecule has 4 aromatic rings. The Labute approximate surface area is 149 Å². The van der Waals surface area contributed by atoms with E-state index in [2.05, 4.69) is 51.1 Å². The van der Waals surface area contributed by atoms with E-state index in [4.69, 9.17) is 0 Å². The number of fused-ring (bicyclic) bond motifs is 1. The first-order chi connectivity index (χ1) is 12.7. The second-order valence-electron chi connectivity index (χ2n) is 6.06. The number of hydrogen-bond acceptors (Lipinski definition) is 3. The molecule has 1 amide bonds. The van der Waals surface area contributed by atoms with Crippen molar-refractivity contribution in [3.63, 3.8) is 0 Å². The third-order valence-electron chi connectivity index (χ3n) is 4.11. The van der Waals surface area contributed by atoms with Crippen molar-refractivity contribution in [1.82, 2.24) is 19.5 Å². The number of aryl methyl sites for hydroxylation is 1. The Kier molecular flexibility index (Phi) is 4.15. The zero-order valence-electron chi connectivity index (χ0n) is 14.3. The zero-order chi connectivity index (χ0) is 17.9. The van der Waals surface area contributed by atoms with Gasteiger partial charge < -0.3 is 9.55 Å². The van der Waals surface area contributed by atoms with Crippen LogP contribution in [0.4, 0.5) is 0 Å². The molecule has 0 aliphatic rings. The summed E-state index contributed by atoms with van der Waals surface area (Å²) in [4.78, 5) is 28.1. The van der Waals surface area contributed by atoms with E-state index in [9.17, 15) is 4.79 Å². The average molecular weight is 343 g/mol. The molecule has 0 spiro atoms. The molecule has 3 heterocycles. The molecule has 0 saturated heterocycles. The lowest BCUT2D eigenvalue weighted by Gasteiger charge is -2.07. The number of aromatic nitrogens is 4. The van der Waals surface area contributed by atoms with E-state index in [-0.39, 0.29) is 5.69 Å². The van der Waals surface area contributed by atoms with E-state index in [0.29, 0.717) is 17.7 Å². The third kappa shape index (κ3) is 3.30. The minimum Gasteiger partial charge on any atom is -0.343 e. The minimum absolute atomic E-state index is 0.273. The van der Waals surface area contributed by atoms with Crippen molar-refractivity contribution in [3.8, 4) is 0 Å². The summed E-state index contributed by atoms with van der Waals surface area (Å²) in [6.45, 7) is 2.70. The molecule has 0 fully saturated rings. The van der Waals surface area contributed by atoms with Crippen LogP contribution in [-0.2, 0) is 6.54 Å². The van der Waals surface area contributed by atoms with Crippen LogP contribution in [0.5, 0.6) is 0 Å². The summed E-state index contributed by atoms with van der Waals surface area (Å²) in [6, 6.07) is 17.3. The molecule has 1 N–H and O–H groups in total. The van der Waals surface area contributed by atoms with E-state index >= 15 is 0 Å². The minimum atomic E-state index is -0.390. The maximum atomic E-state index is 12.5. The number of benzene rings is 1. The molecule has 0 saturated carbocycles. The van der Waals surface area contributed by atoms with Crippen molar-refractivity contribution < 1.29 is 4.79 Å². The van der Waals surface area contributed by atoms with Crippen molar-refractivity contribution in [2.75, 3.05) is 0 Å². The predicted octanol–water partition coefficient (Wildman–Crippen LogP) is 2.86. The molecular formula is C20H17N5O. The van der Waals surface area contributed by atoms with Gasteiger partial charge in [0.2, 0.25) is 0 Å². The lowest BCUT2D eigenvalue weighted by atomic mass is 10.1. The van der Waals surface area contributed by atoms with E-state index in [0.717, 1.165) is 11.1 Å². The van der Waals surface area contributed by atoms with Crippen LogP contribution in [0.25, 0.3) is 11.2 Å². The van der Waals surface area contributed by atoms with Crippen LogP contribution in [-0.4, -0.2) is 25.4 Å². The fourth-order valence-corrected chi connectivity index (χ4v) is 2.70. The molecule has 3 aromatic heterocycles. The molecule has 1 aromatic carbocycles. The topological polar surface area (TPSA) is 75.9 Å². The van der Waals surface area contributed by atoms with Gasteiger partial charge in [0.05, 0.1) is 11.8 Å². The molecule has 26 heavy (non-hydrogen) atoms. The number of nitrogens with one attached hydrogen (secondary N) is 1. The van der Waals surface area contributed by atoms with Crippen molar-refractivity contribution in [2.45, 2.75) is 13.5 Å². The summed E-state index contributed by atoms with van der Waals surface area (Å²) in [5.74, 6) is -0.390. The highest BCUT2D eigenvalue weighted by Crippen LogP contribution is 2.08. The Hall–Kier alpha value is -3.54. The van der Waals surface area contributed by atoms with Crippen LogP contribution in [0.1, 0.15) is 21.6 Å². The van der Waals surface area contributed by atoms with E-state index in [1.807, 2.05) is 29.0 Å². The molecule has 128 valence electrons. The second-order valence-corrected chi connectivity index (χ2v) is 6.06. The third-order valence-corrected chi connectivity index (χ3v) is 4.11. The van der Waals surface area contributed by atoms with Crippen LogP contribution in [0.3, 0.4) is 0 Å². The molecule has 0 radical (unpaired) electrons. The fraction of sp³-hybridized carbons (Fsp3) is 0.100. The van der Waals surface area contributed by atoms with E-state index in [1.54, 1.807) is 18.5 Å². The van der Waals surface area contributed by atoms with Crippen molar-refractivity contribution in [3.05, 3.63) is 89.4 Å². The fourth-order valence-electron chi connectivity index (χ4n) is 2.70.